The summed E-state index contributed by atoms with van der Waals surface area (Å²) in [6.07, 6.45) is 4.80. The van der Waals surface area contributed by atoms with E-state index in [9.17, 15) is 4.79 Å². The number of nitrogens with zero attached hydrogens (tertiary/aromatic N) is 2. The monoisotopic (exact) mass is 305 g/mol. The molecule has 5 heteroatoms. The summed E-state index contributed by atoms with van der Waals surface area (Å²) in [6.45, 7) is 9.84. The SMILES string of the molecule is CCN1CCCCC1c1cccnc1NC(=O)OC(C)(C)C. The smallest absolute Gasteiger partial charge is 0.413 e. The third-order valence-corrected chi connectivity index (χ3v) is 3.84. The second kappa shape index (κ2) is 7.09. The number of anilines is 1. The maximum Gasteiger partial charge on any atom is 0.413 e. The molecule has 0 saturated carbocycles. The van der Waals surface area contributed by atoms with Gasteiger partial charge in [0.25, 0.3) is 0 Å². The molecule has 1 amide bonds. The first-order valence-electron chi connectivity index (χ1n) is 8.09. The zero-order chi connectivity index (χ0) is 16.2. The summed E-state index contributed by atoms with van der Waals surface area (Å²) < 4.78 is 5.33. The van der Waals surface area contributed by atoms with Gasteiger partial charge in [-0.25, -0.2) is 9.78 Å². The molecule has 122 valence electrons. The van der Waals surface area contributed by atoms with Gasteiger partial charge in [0, 0.05) is 17.8 Å². The Kier molecular flexibility index (Phi) is 5.40. The lowest BCUT2D eigenvalue weighted by Crippen LogP contribution is -2.34. The van der Waals surface area contributed by atoms with E-state index >= 15 is 0 Å². The number of rotatable bonds is 3. The van der Waals surface area contributed by atoms with Crippen molar-refractivity contribution < 1.29 is 9.53 Å². The van der Waals surface area contributed by atoms with Crippen LogP contribution >= 0.6 is 0 Å². The Balaban J connectivity index is 2.17. The number of piperidine rings is 1. The molecule has 1 aliphatic rings. The molecule has 0 aliphatic carbocycles. The van der Waals surface area contributed by atoms with E-state index in [0.29, 0.717) is 11.9 Å². The quantitative estimate of drug-likeness (QED) is 0.918. The highest BCUT2D eigenvalue weighted by molar-refractivity contribution is 5.84. The predicted octanol–water partition coefficient (Wildman–Crippen LogP) is 3.98. The Bertz CT molecular complexity index is 511. The van der Waals surface area contributed by atoms with Crippen LogP contribution in [0, 0.1) is 0 Å². The van der Waals surface area contributed by atoms with E-state index in [-0.39, 0.29) is 0 Å². The zero-order valence-electron chi connectivity index (χ0n) is 14.1. The van der Waals surface area contributed by atoms with Gasteiger partial charge < -0.3 is 4.74 Å². The lowest BCUT2D eigenvalue weighted by molar-refractivity contribution is 0.0634. The second-order valence-electron chi connectivity index (χ2n) is 6.71. The Morgan fingerprint density at radius 3 is 2.91 bits per heavy atom. The first-order valence-corrected chi connectivity index (χ1v) is 8.09. The van der Waals surface area contributed by atoms with Crippen molar-refractivity contribution in [3.63, 3.8) is 0 Å². The number of carbonyl (C=O) groups is 1. The minimum Gasteiger partial charge on any atom is -0.444 e. The molecule has 1 saturated heterocycles. The van der Waals surface area contributed by atoms with Gasteiger partial charge in [0.1, 0.15) is 11.4 Å². The van der Waals surface area contributed by atoms with Gasteiger partial charge in [-0.05, 0) is 52.8 Å². The summed E-state index contributed by atoms with van der Waals surface area (Å²) in [5.74, 6) is 0.613. The third kappa shape index (κ3) is 4.44. The average Bonchev–Trinajstić information content (AvgIpc) is 2.46. The molecular weight excluding hydrogens is 278 g/mol. The molecule has 1 N–H and O–H groups in total. The molecule has 0 aromatic carbocycles. The highest BCUT2D eigenvalue weighted by atomic mass is 16.6. The first-order chi connectivity index (χ1) is 10.4. The normalized spacial score (nSPS) is 19.7. The first kappa shape index (κ1) is 16.7. The van der Waals surface area contributed by atoms with Crippen molar-refractivity contribution in [1.82, 2.24) is 9.88 Å². The molecule has 2 heterocycles. The third-order valence-electron chi connectivity index (χ3n) is 3.84. The fraction of sp³-hybridized carbons (Fsp3) is 0.647. The standard InChI is InChI=1S/C17H27N3O2/c1-5-20-12-7-6-10-14(20)13-9-8-11-18-15(13)19-16(21)22-17(2,3)4/h8-9,11,14H,5-7,10,12H2,1-4H3,(H,18,19,21). The van der Waals surface area contributed by atoms with Crippen LogP contribution < -0.4 is 5.32 Å². The molecular formula is C17H27N3O2. The molecule has 1 aliphatic heterocycles. The van der Waals surface area contributed by atoms with Crippen LogP contribution in [0.15, 0.2) is 18.3 Å². The molecule has 22 heavy (non-hydrogen) atoms. The van der Waals surface area contributed by atoms with E-state index < -0.39 is 11.7 Å². The molecule has 5 nitrogen and oxygen atoms in total. The molecule has 1 aromatic rings. The highest BCUT2D eigenvalue weighted by Gasteiger charge is 2.26. The summed E-state index contributed by atoms with van der Waals surface area (Å²) in [7, 11) is 0. The van der Waals surface area contributed by atoms with E-state index in [1.807, 2.05) is 26.8 Å². The van der Waals surface area contributed by atoms with E-state index in [0.717, 1.165) is 25.1 Å². The van der Waals surface area contributed by atoms with Crippen LogP contribution in [0.1, 0.15) is 58.6 Å². The fourth-order valence-corrected chi connectivity index (χ4v) is 2.91. The van der Waals surface area contributed by atoms with E-state index in [1.54, 1.807) is 6.20 Å². The minimum atomic E-state index is -0.515. The van der Waals surface area contributed by atoms with Crippen molar-refractivity contribution in [1.29, 1.82) is 0 Å². The number of amides is 1. The number of carbonyl (C=O) groups excluding carboxylic acids is 1. The zero-order valence-corrected chi connectivity index (χ0v) is 14.1. The van der Waals surface area contributed by atoms with Crippen molar-refractivity contribution in [3.05, 3.63) is 23.9 Å². The number of likely N-dealkylation sites (tertiary alicyclic amines) is 1. The predicted molar refractivity (Wildman–Crippen MR) is 87.9 cm³/mol. The lowest BCUT2D eigenvalue weighted by Gasteiger charge is -2.35. The van der Waals surface area contributed by atoms with Crippen molar-refractivity contribution in [2.45, 2.75) is 58.6 Å². The second-order valence-corrected chi connectivity index (χ2v) is 6.71. The summed E-state index contributed by atoms with van der Waals surface area (Å²) in [5.41, 5.74) is 0.564. The van der Waals surface area contributed by atoms with Crippen LogP contribution in [-0.4, -0.2) is 34.7 Å². The highest BCUT2D eigenvalue weighted by Crippen LogP contribution is 2.33. The van der Waals surface area contributed by atoms with E-state index in [2.05, 4.69) is 28.2 Å². The van der Waals surface area contributed by atoms with Gasteiger partial charge in [-0.15, -0.1) is 0 Å². The molecule has 1 aromatic heterocycles. The van der Waals surface area contributed by atoms with Crippen LogP contribution in [0.4, 0.5) is 10.6 Å². The summed E-state index contributed by atoms with van der Waals surface area (Å²) in [5, 5.41) is 2.81. The van der Waals surface area contributed by atoms with Crippen molar-refractivity contribution in [2.75, 3.05) is 18.4 Å². The van der Waals surface area contributed by atoms with Crippen LogP contribution in [-0.2, 0) is 4.74 Å². The Labute approximate surface area is 133 Å². The van der Waals surface area contributed by atoms with Crippen LogP contribution in [0.5, 0.6) is 0 Å². The minimum absolute atomic E-state index is 0.317. The molecule has 0 bridgehead atoms. The number of ether oxygens (including phenoxy) is 1. The van der Waals surface area contributed by atoms with Gasteiger partial charge in [-0.2, -0.15) is 0 Å². The van der Waals surface area contributed by atoms with Crippen LogP contribution in [0.3, 0.4) is 0 Å². The molecule has 0 radical (unpaired) electrons. The molecule has 1 atom stereocenters. The Hall–Kier alpha value is -1.62. The average molecular weight is 305 g/mol. The van der Waals surface area contributed by atoms with Crippen molar-refractivity contribution in [3.8, 4) is 0 Å². The van der Waals surface area contributed by atoms with Gasteiger partial charge in [0.2, 0.25) is 0 Å². The van der Waals surface area contributed by atoms with Crippen molar-refractivity contribution >= 4 is 11.9 Å². The Morgan fingerprint density at radius 1 is 1.45 bits per heavy atom. The van der Waals surface area contributed by atoms with Crippen LogP contribution in [0.25, 0.3) is 0 Å². The molecule has 1 fully saturated rings. The number of hydrogen-bond acceptors (Lipinski definition) is 4. The summed E-state index contributed by atoms with van der Waals surface area (Å²) >= 11 is 0. The maximum absolute atomic E-state index is 12.0. The van der Waals surface area contributed by atoms with Gasteiger partial charge >= 0.3 is 6.09 Å². The van der Waals surface area contributed by atoms with Gasteiger partial charge in [0.15, 0.2) is 0 Å². The summed E-state index contributed by atoms with van der Waals surface area (Å²) in [6, 6.07) is 4.30. The number of nitrogens with one attached hydrogen (secondary N) is 1. The lowest BCUT2D eigenvalue weighted by atomic mass is 9.95. The molecule has 2 rings (SSSR count). The molecule has 0 spiro atoms. The number of pyridine rings is 1. The maximum atomic E-state index is 12.0. The summed E-state index contributed by atoms with van der Waals surface area (Å²) in [4.78, 5) is 18.8. The van der Waals surface area contributed by atoms with Gasteiger partial charge in [0.05, 0.1) is 0 Å². The topological polar surface area (TPSA) is 54.5 Å². The fourth-order valence-electron chi connectivity index (χ4n) is 2.91. The van der Waals surface area contributed by atoms with E-state index in [4.69, 9.17) is 4.74 Å². The molecule has 1 unspecified atom stereocenters. The van der Waals surface area contributed by atoms with Gasteiger partial charge in [-0.3, -0.25) is 10.2 Å². The van der Waals surface area contributed by atoms with Crippen molar-refractivity contribution in [2.24, 2.45) is 0 Å². The Morgan fingerprint density at radius 2 is 2.23 bits per heavy atom. The van der Waals surface area contributed by atoms with Gasteiger partial charge in [-0.1, -0.05) is 19.4 Å². The van der Waals surface area contributed by atoms with E-state index in [1.165, 1.54) is 12.8 Å². The largest absolute Gasteiger partial charge is 0.444 e. The number of hydrogen-bond donors (Lipinski definition) is 1. The van der Waals surface area contributed by atoms with Crippen LogP contribution in [0.2, 0.25) is 0 Å². The number of aromatic nitrogens is 1.